The molecule has 7 heteroatoms. The van der Waals surface area contributed by atoms with Gasteiger partial charge in [-0.1, -0.05) is 12.1 Å². The first-order valence-electron chi connectivity index (χ1n) is 7.25. The summed E-state index contributed by atoms with van der Waals surface area (Å²) in [6.07, 6.45) is -3.59. The molecule has 0 saturated carbocycles. The minimum absolute atomic E-state index is 0.0982. The Morgan fingerprint density at radius 1 is 1.25 bits per heavy atom. The Kier molecular flexibility index (Phi) is 5.43. The van der Waals surface area contributed by atoms with Crippen molar-refractivity contribution in [1.29, 1.82) is 0 Å². The highest BCUT2D eigenvalue weighted by molar-refractivity contribution is 5.93. The van der Waals surface area contributed by atoms with Gasteiger partial charge in [-0.2, -0.15) is 13.2 Å². The average molecular weight is 338 g/mol. The van der Waals surface area contributed by atoms with Gasteiger partial charge >= 0.3 is 6.18 Å². The van der Waals surface area contributed by atoms with Crippen molar-refractivity contribution < 1.29 is 22.7 Å². The fourth-order valence-corrected chi connectivity index (χ4v) is 2.02. The predicted octanol–water partition coefficient (Wildman–Crippen LogP) is 3.56. The van der Waals surface area contributed by atoms with Crippen LogP contribution >= 0.6 is 0 Å². The van der Waals surface area contributed by atoms with Crippen LogP contribution in [0.5, 0.6) is 5.75 Å². The van der Waals surface area contributed by atoms with E-state index in [1.165, 1.54) is 4.90 Å². The zero-order valence-electron chi connectivity index (χ0n) is 13.3. The SMILES string of the molecule is Cc1cccc(OCCN(C)C(=O)c2ccc(C(F)(F)F)nc2)c1. The van der Waals surface area contributed by atoms with Gasteiger partial charge in [-0.15, -0.1) is 0 Å². The van der Waals surface area contributed by atoms with Gasteiger partial charge in [-0.05, 0) is 36.8 Å². The van der Waals surface area contributed by atoms with E-state index in [1.54, 1.807) is 7.05 Å². The number of carbonyl (C=O) groups is 1. The number of rotatable bonds is 5. The second-order valence-corrected chi connectivity index (χ2v) is 5.32. The van der Waals surface area contributed by atoms with E-state index in [0.717, 1.165) is 23.9 Å². The molecule has 1 amide bonds. The van der Waals surface area contributed by atoms with E-state index in [9.17, 15) is 18.0 Å². The number of aromatic nitrogens is 1. The Labute approximate surface area is 137 Å². The summed E-state index contributed by atoms with van der Waals surface area (Å²) in [7, 11) is 1.56. The Morgan fingerprint density at radius 2 is 2.00 bits per heavy atom. The zero-order chi connectivity index (χ0) is 17.7. The second kappa shape index (κ2) is 7.33. The number of alkyl halides is 3. The van der Waals surface area contributed by atoms with Gasteiger partial charge in [-0.3, -0.25) is 9.78 Å². The smallest absolute Gasteiger partial charge is 0.433 e. The van der Waals surface area contributed by atoms with Crippen LogP contribution in [0.25, 0.3) is 0 Å². The van der Waals surface area contributed by atoms with Crippen molar-refractivity contribution in [2.24, 2.45) is 0 Å². The summed E-state index contributed by atoms with van der Waals surface area (Å²) >= 11 is 0. The molecule has 0 aliphatic carbocycles. The molecule has 4 nitrogen and oxygen atoms in total. The van der Waals surface area contributed by atoms with Gasteiger partial charge in [0.2, 0.25) is 0 Å². The first-order valence-corrected chi connectivity index (χ1v) is 7.25. The highest BCUT2D eigenvalue weighted by Crippen LogP contribution is 2.27. The summed E-state index contributed by atoms with van der Waals surface area (Å²) in [6.45, 7) is 2.52. The van der Waals surface area contributed by atoms with Crippen LogP contribution in [0.15, 0.2) is 42.6 Å². The topological polar surface area (TPSA) is 42.4 Å². The van der Waals surface area contributed by atoms with E-state index in [2.05, 4.69) is 4.98 Å². The third-order valence-corrected chi connectivity index (χ3v) is 3.33. The number of aryl methyl sites for hydroxylation is 1. The Morgan fingerprint density at radius 3 is 2.58 bits per heavy atom. The van der Waals surface area contributed by atoms with Gasteiger partial charge in [0.25, 0.3) is 5.91 Å². The number of amides is 1. The molecular formula is C17H17F3N2O2. The van der Waals surface area contributed by atoms with Crippen molar-refractivity contribution in [3.8, 4) is 5.75 Å². The number of halogens is 3. The number of hydrogen-bond acceptors (Lipinski definition) is 3. The monoisotopic (exact) mass is 338 g/mol. The largest absolute Gasteiger partial charge is 0.492 e. The van der Waals surface area contributed by atoms with Gasteiger partial charge in [0.1, 0.15) is 18.1 Å². The van der Waals surface area contributed by atoms with Gasteiger partial charge < -0.3 is 9.64 Å². The van der Waals surface area contributed by atoms with E-state index in [-0.39, 0.29) is 12.2 Å². The number of nitrogens with zero attached hydrogens (tertiary/aromatic N) is 2. The summed E-state index contributed by atoms with van der Waals surface area (Å²) in [5, 5.41) is 0. The quantitative estimate of drug-likeness (QED) is 0.837. The molecule has 24 heavy (non-hydrogen) atoms. The molecule has 0 fully saturated rings. The summed E-state index contributed by atoms with van der Waals surface area (Å²) in [5.41, 5.74) is 0.137. The fourth-order valence-electron chi connectivity index (χ4n) is 2.02. The lowest BCUT2D eigenvalue weighted by Gasteiger charge is -2.17. The lowest BCUT2D eigenvalue weighted by Crippen LogP contribution is -2.31. The van der Waals surface area contributed by atoms with E-state index >= 15 is 0 Å². The van der Waals surface area contributed by atoms with E-state index in [4.69, 9.17) is 4.74 Å². The highest BCUT2D eigenvalue weighted by Gasteiger charge is 2.32. The normalized spacial score (nSPS) is 11.2. The molecule has 0 radical (unpaired) electrons. The number of ether oxygens (including phenoxy) is 1. The van der Waals surface area contributed by atoms with Crippen LogP contribution in [0.3, 0.4) is 0 Å². The van der Waals surface area contributed by atoms with Gasteiger partial charge in [0.15, 0.2) is 0 Å². The first kappa shape index (κ1) is 17.8. The van der Waals surface area contributed by atoms with E-state index in [1.807, 2.05) is 31.2 Å². The maximum Gasteiger partial charge on any atom is 0.433 e. The van der Waals surface area contributed by atoms with Crippen LogP contribution in [0, 0.1) is 6.92 Å². The molecule has 0 bridgehead atoms. The standard InChI is InChI=1S/C17H17F3N2O2/c1-12-4-3-5-14(10-12)24-9-8-22(2)16(23)13-6-7-15(21-11-13)17(18,19)20/h3-7,10-11H,8-9H2,1-2H3. The van der Waals surface area contributed by atoms with Gasteiger partial charge in [-0.25, -0.2) is 0 Å². The van der Waals surface area contributed by atoms with Crippen LogP contribution in [0.2, 0.25) is 0 Å². The van der Waals surface area contributed by atoms with Crippen LogP contribution in [0.4, 0.5) is 13.2 Å². The summed E-state index contributed by atoms with van der Waals surface area (Å²) in [4.78, 5) is 16.8. The highest BCUT2D eigenvalue weighted by atomic mass is 19.4. The summed E-state index contributed by atoms with van der Waals surface area (Å²) < 4.78 is 42.9. The van der Waals surface area contributed by atoms with Crippen LogP contribution in [-0.2, 0) is 6.18 Å². The predicted molar refractivity (Wildman–Crippen MR) is 82.9 cm³/mol. The molecule has 0 aliphatic heterocycles. The molecule has 0 unspecified atom stereocenters. The Hall–Kier alpha value is -2.57. The average Bonchev–Trinajstić information content (AvgIpc) is 2.53. The maximum absolute atomic E-state index is 12.5. The summed E-state index contributed by atoms with van der Waals surface area (Å²) in [5.74, 6) is 0.288. The van der Waals surface area contributed by atoms with E-state index < -0.39 is 17.8 Å². The zero-order valence-corrected chi connectivity index (χ0v) is 13.3. The number of carbonyl (C=O) groups excluding carboxylic acids is 1. The van der Waals surface area contributed by atoms with E-state index in [0.29, 0.717) is 12.3 Å². The van der Waals surface area contributed by atoms with Crippen molar-refractivity contribution in [3.63, 3.8) is 0 Å². The van der Waals surface area contributed by atoms with Crippen molar-refractivity contribution in [2.75, 3.05) is 20.2 Å². The number of benzene rings is 1. The van der Waals surface area contributed by atoms with Gasteiger partial charge in [0, 0.05) is 13.2 Å². The minimum atomic E-state index is -4.52. The lowest BCUT2D eigenvalue weighted by molar-refractivity contribution is -0.141. The molecule has 0 saturated heterocycles. The third-order valence-electron chi connectivity index (χ3n) is 3.33. The Balaban J connectivity index is 1.90. The van der Waals surface area contributed by atoms with Gasteiger partial charge in [0.05, 0.1) is 12.1 Å². The molecule has 1 aromatic carbocycles. The summed E-state index contributed by atoms with van der Waals surface area (Å²) in [6, 6.07) is 9.42. The molecule has 0 N–H and O–H groups in total. The van der Waals surface area contributed by atoms with Crippen LogP contribution < -0.4 is 4.74 Å². The molecule has 0 atom stereocenters. The number of hydrogen-bond donors (Lipinski definition) is 0. The molecule has 1 aromatic heterocycles. The number of likely N-dealkylation sites (N-methyl/N-ethyl adjacent to an activating group) is 1. The van der Waals surface area contributed by atoms with Crippen molar-refractivity contribution in [1.82, 2.24) is 9.88 Å². The first-order chi connectivity index (χ1) is 11.3. The third kappa shape index (κ3) is 4.71. The Bertz CT molecular complexity index is 700. The van der Waals surface area contributed by atoms with Crippen molar-refractivity contribution in [3.05, 3.63) is 59.4 Å². The molecule has 128 valence electrons. The fraction of sp³-hybridized carbons (Fsp3) is 0.294. The molecule has 0 spiro atoms. The van der Waals surface area contributed by atoms with Crippen molar-refractivity contribution >= 4 is 5.91 Å². The van der Waals surface area contributed by atoms with Crippen molar-refractivity contribution in [2.45, 2.75) is 13.1 Å². The van der Waals surface area contributed by atoms with Crippen LogP contribution in [-0.4, -0.2) is 36.0 Å². The molecule has 1 heterocycles. The molecule has 0 aliphatic rings. The molecular weight excluding hydrogens is 321 g/mol. The minimum Gasteiger partial charge on any atom is -0.492 e. The number of pyridine rings is 1. The maximum atomic E-state index is 12.5. The molecule has 2 rings (SSSR count). The van der Waals surface area contributed by atoms with Crippen LogP contribution in [0.1, 0.15) is 21.6 Å². The second-order valence-electron chi connectivity index (χ2n) is 5.32. The molecule has 2 aromatic rings. The lowest BCUT2D eigenvalue weighted by atomic mass is 10.2.